The monoisotopic (exact) mass is 1440 g/mol. The maximum atomic E-state index is 13.1. The number of carbonyl (C=O) groups excluding carboxylic acids is 3. The van der Waals surface area contributed by atoms with Crippen molar-refractivity contribution in [2.45, 2.75) is 92.9 Å². The number of nitrogens with one attached hydrogen (secondary N) is 6. The summed E-state index contributed by atoms with van der Waals surface area (Å²) in [5.74, 6) is 1.70. The first-order valence-corrected chi connectivity index (χ1v) is 35.2. The standard InChI is InChI=1S/C28H27N7O2.C28H26N6O2.C26H25N7O2/c1-16-12-25(32-31-16)29-15-22-21-14-19(7-10-23(21)30-26(22)36)13-18-5-8-20(9-6-18)34-27(37)24-11-17(2)33-35(24)28(34,3)4;1-17-13-24-27(36)33(28(2,3)34(24)32-17)20-9-6-18(7-10-20)14-19-8-11-23-21(15-19)22(26(35)31-23)16-30-25-5-4-12-29-25;1-15-11-24(31-30-15)27-14-21-20-13-18(6-9-22(20)29-25(21)34)12-17-4-7-19(8-5-17)28-26(35)23-10-16(2)32-33(23)3/h5-12,14-15,30,36H,13H2,1-4H3,(H,31,32);4-11,13,15-16,31,35H,12,14H2,1-3H3;4-11,13-14,29,34H,12H2,1-3H3,(H,28,35)(H,30,31). The summed E-state index contributed by atoms with van der Waals surface area (Å²) < 4.78 is 5.17. The van der Waals surface area contributed by atoms with E-state index < -0.39 is 11.3 Å². The van der Waals surface area contributed by atoms with Gasteiger partial charge in [-0.2, -0.15) is 25.5 Å². The van der Waals surface area contributed by atoms with Crippen molar-refractivity contribution in [3.63, 3.8) is 0 Å². The van der Waals surface area contributed by atoms with Crippen LogP contribution in [0.4, 0.5) is 28.7 Å². The van der Waals surface area contributed by atoms with Gasteiger partial charge in [0.1, 0.15) is 34.2 Å². The van der Waals surface area contributed by atoms with Crippen LogP contribution in [-0.2, 0) is 37.6 Å². The minimum Gasteiger partial charge on any atom is -0.494 e. The molecule has 0 saturated heterocycles. The van der Waals surface area contributed by atoms with Crippen molar-refractivity contribution >= 4 is 104 Å². The van der Waals surface area contributed by atoms with Gasteiger partial charge in [-0.15, -0.1) is 0 Å². The van der Waals surface area contributed by atoms with Crippen LogP contribution in [0.3, 0.4) is 0 Å². The smallest absolute Gasteiger partial charge is 0.278 e. The number of aryl methyl sites for hydroxylation is 6. The summed E-state index contributed by atoms with van der Waals surface area (Å²) in [6, 6.07) is 51.2. The molecule has 0 saturated carbocycles. The summed E-state index contributed by atoms with van der Waals surface area (Å²) in [6.07, 6.45) is 10.8. The predicted molar refractivity (Wildman–Crippen MR) is 420 cm³/mol. The van der Waals surface area contributed by atoms with Gasteiger partial charge in [0.05, 0.1) is 40.3 Å². The Balaban J connectivity index is 0.000000129. The molecule has 3 aliphatic rings. The Labute approximate surface area is 619 Å². The number of hydrogen-bond donors (Lipinski definition) is 9. The zero-order chi connectivity index (χ0) is 75.4. The third kappa shape index (κ3) is 13.9. The molecule has 6 aromatic carbocycles. The molecule has 542 valence electrons. The number of nitrogens with zero attached hydrogens (tertiary/aromatic N) is 14. The van der Waals surface area contributed by atoms with Crippen LogP contribution in [0.15, 0.2) is 190 Å². The van der Waals surface area contributed by atoms with E-state index in [1.165, 1.54) is 0 Å². The number of carbonyl (C=O) groups is 3. The summed E-state index contributed by atoms with van der Waals surface area (Å²) >= 11 is 0. The van der Waals surface area contributed by atoms with E-state index in [0.29, 0.717) is 77.1 Å². The van der Waals surface area contributed by atoms with Gasteiger partial charge in [-0.05, 0) is 212 Å². The van der Waals surface area contributed by atoms with Crippen LogP contribution in [0.2, 0.25) is 0 Å². The van der Waals surface area contributed by atoms with Gasteiger partial charge in [0, 0.05) is 99.0 Å². The van der Waals surface area contributed by atoms with Crippen LogP contribution < -0.4 is 15.1 Å². The summed E-state index contributed by atoms with van der Waals surface area (Å²) in [6.45, 7) is 18.1. The second-order valence-corrected chi connectivity index (χ2v) is 28.2. The number of amidine groups is 1. The molecule has 8 aromatic heterocycles. The topological polar surface area (TPSA) is 338 Å². The molecule has 0 radical (unpaired) electrons. The largest absolute Gasteiger partial charge is 0.494 e. The Morgan fingerprint density at radius 2 is 0.889 bits per heavy atom. The van der Waals surface area contributed by atoms with E-state index in [4.69, 9.17) is 0 Å². The molecular formula is C82H78N20O6. The third-order valence-corrected chi connectivity index (χ3v) is 19.3. The summed E-state index contributed by atoms with van der Waals surface area (Å²) in [4.78, 5) is 68.8. The van der Waals surface area contributed by atoms with Gasteiger partial charge in [-0.1, -0.05) is 60.7 Å². The average molecular weight is 1440 g/mol. The zero-order valence-corrected chi connectivity index (χ0v) is 61.1. The molecule has 0 unspecified atom stereocenters. The zero-order valence-electron chi connectivity index (χ0n) is 61.1. The highest BCUT2D eigenvalue weighted by Crippen LogP contribution is 2.40. The van der Waals surface area contributed by atoms with Crippen LogP contribution in [0.1, 0.15) is 138 Å². The lowest BCUT2D eigenvalue weighted by Gasteiger charge is -2.32. The molecule has 0 atom stereocenters. The van der Waals surface area contributed by atoms with Crippen LogP contribution in [0, 0.1) is 34.6 Å². The molecule has 14 aromatic rings. The SMILES string of the molecule is Cc1cc(C(=O)Nc2ccc(Cc3ccc4[nH]c(O)c(C=Nc5cc(C)[nH]n5)c4c3)cc2)n(C)n1.Cc1cc2n(n1)C(C)(C)N(c1ccc(Cc3ccc4[nH]c(O)c(C=NC5=NCC=C5)c4c3)cc1)C2=O.Cc1cc2n(n1)C(C)(C)N(c1ccc(Cc3ccc4[nH]c(O)c(C=Nc5cc(C)[nH]n5)c4c3)cc1)C2=O. The maximum absolute atomic E-state index is 13.1. The summed E-state index contributed by atoms with van der Waals surface area (Å²) in [7, 11) is 1.75. The van der Waals surface area contributed by atoms with Crippen molar-refractivity contribution in [2.24, 2.45) is 27.0 Å². The molecule has 0 bridgehead atoms. The first-order chi connectivity index (χ1) is 51.9. The first-order valence-electron chi connectivity index (χ1n) is 35.2. The fourth-order valence-electron chi connectivity index (χ4n) is 14.1. The van der Waals surface area contributed by atoms with Crippen LogP contribution in [-0.4, -0.2) is 129 Å². The molecule has 17 rings (SSSR count). The summed E-state index contributed by atoms with van der Waals surface area (Å²) in [5, 5.41) is 64.0. The third-order valence-electron chi connectivity index (χ3n) is 19.3. The molecule has 0 aliphatic carbocycles. The molecule has 11 heterocycles. The number of benzene rings is 6. The Kier molecular flexibility index (Phi) is 18.1. The van der Waals surface area contributed by atoms with Gasteiger partial charge in [0.2, 0.25) is 0 Å². The molecule has 0 spiro atoms. The molecule has 9 N–H and O–H groups in total. The second-order valence-electron chi connectivity index (χ2n) is 28.2. The van der Waals surface area contributed by atoms with Gasteiger partial charge in [-0.25, -0.2) is 24.3 Å². The minimum atomic E-state index is -0.587. The van der Waals surface area contributed by atoms with Gasteiger partial charge in [0.15, 0.2) is 29.3 Å². The fraction of sp³-hybridized carbons (Fsp3) is 0.195. The van der Waals surface area contributed by atoms with E-state index in [-0.39, 0.29) is 35.4 Å². The lowest BCUT2D eigenvalue weighted by atomic mass is 10.0. The number of H-pyrrole nitrogens is 5. The molecule has 3 amide bonds. The van der Waals surface area contributed by atoms with Crippen molar-refractivity contribution in [3.05, 3.63) is 266 Å². The van der Waals surface area contributed by atoms with Gasteiger partial charge < -0.3 is 35.6 Å². The molecule has 0 fully saturated rings. The second kappa shape index (κ2) is 28.0. The van der Waals surface area contributed by atoms with Crippen molar-refractivity contribution in [3.8, 4) is 17.6 Å². The first kappa shape index (κ1) is 69.9. The maximum Gasteiger partial charge on any atom is 0.278 e. The lowest BCUT2D eigenvalue weighted by molar-refractivity contribution is 0.0971. The lowest BCUT2D eigenvalue weighted by Crippen LogP contribution is -2.43. The van der Waals surface area contributed by atoms with Crippen molar-refractivity contribution in [1.29, 1.82) is 0 Å². The molecular weight excluding hydrogens is 1360 g/mol. The van der Waals surface area contributed by atoms with Crippen molar-refractivity contribution in [1.82, 2.24) is 64.7 Å². The Bertz CT molecular complexity index is 6000. The number of fused-ring (bicyclic) bond motifs is 5. The van der Waals surface area contributed by atoms with Crippen molar-refractivity contribution < 1.29 is 29.7 Å². The van der Waals surface area contributed by atoms with Crippen molar-refractivity contribution in [2.75, 3.05) is 21.7 Å². The number of aliphatic imine (C=N–C) groups is 4. The van der Waals surface area contributed by atoms with E-state index in [0.717, 1.165) is 112 Å². The average Bonchev–Trinajstić information content (AvgIpc) is 1.58. The highest BCUT2D eigenvalue weighted by molar-refractivity contribution is 6.11. The molecule has 26 nitrogen and oxygen atoms in total. The van der Waals surface area contributed by atoms with E-state index in [1.54, 1.807) is 55.6 Å². The number of rotatable bonds is 15. The highest BCUT2D eigenvalue weighted by atomic mass is 16.3. The number of aromatic amines is 5. The number of anilines is 3. The number of aromatic hydroxyl groups is 3. The van der Waals surface area contributed by atoms with Gasteiger partial charge >= 0.3 is 0 Å². The number of hydrogen-bond acceptors (Lipinski definition) is 15. The van der Waals surface area contributed by atoms with Crippen LogP contribution in [0.25, 0.3) is 32.7 Å². The summed E-state index contributed by atoms with van der Waals surface area (Å²) in [5.41, 5.74) is 18.3. The van der Waals surface area contributed by atoms with E-state index in [2.05, 4.69) is 100 Å². The minimum absolute atomic E-state index is 0.0423. The van der Waals surface area contributed by atoms with E-state index in [1.807, 2.05) is 202 Å². The van der Waals surface area contributed by atoms with Crippen LogP contribution in [0.5, 0.6) is 17.6 Å². The van der Waals surface area contributed by atoms with E-state index in [9.17, 15) is 29.7 Å². The Morgan fingerprint density at radius 3 is 1.25 bits per heavy atom. The van der Waals surface area contributed by atoms with E-state index >= 15 is 0 Å². The predicted octanol–water partition coefficient (Wildman–Crippen LogP) is 14.4. The fourth-order valence-corrected chi connectivity index (χ4v) is 14.1. The van der Waals surface area contributed by atoms with Crippen LogP contribution >= 0.6 is 0 Å². The normalized spacial score (nSPS) is 14.3. The highest BCUT2D eigenvalue weighted by Gasteiger charge is 2.46. The van der Waals surface area contributed by atoms with Gasteiger partial charge in [0.25, 0.3) is 17.7 Å². The Hall–Kier alpha value is -13.8. The molecule has 3 aliphatic heterocycles. The molecule has 108 heavy (non-hydrogen) atoms. The number of aromatic nitrogens is 13. The number of amides is 3. The van der Waals surface area contributed by atoms with Gasteiger partial charge in [-0.3, -0.25) is 44.1 Å². The quantitative estimate of drug-likeness (QED) is 0.0434. The Morgan fingerprint density at radius 1 is 0.500 bits per heavy atom. The molecule has 26 heteroatoms.